The van der Waals surface area contributed by atoms with Gasteiger partial charge >= 0.3 is 0 Å². The number of hydrogen-bond acceptors (Lipinski definition) is 3. The van der Waals surface area contributed by atoms with E-state index in [1.165, 1.54) is 0 Å². The van der Waals surface area contributed by atoms with Crippen LogP contribution < -0.4 is 16.0 Å². The summed E-state index contributed by atoms with van der Waals surface area (Å²) in [6, 6.07) is 6.99. The number of hydrogen-bond donors (Lipinski definition) is 3. The molecule has 1 fully saturated rings. The van der Waals surface area contributed by atoms with Crippen molar-refractivity contribution < 1.29 is 9.59 Å². The Hall–Kier alpha value is -1.88. The minimum atomic E-state index is -0.152. The van der Waals surface area contributed by atoms with Crippen molar-refractivity contribution in [2.24, 2.45) is 5.92 Å². The number of amides is 2. The van der Waals surface area contributed by atoms with Gasteiger partial charge in [0.05, 0.1) is 0 Å². The van der Waals surface area contributed by atoms with Crippen molar-refractivity contribution in [3.05, 3.63) is 29.8 Å². The summed E-state index contributed by atoms with van der Waals surface area (Å²) in [4.78, 5) is 23.5. The molecule has 1 saturated heterocycles. The van der Waals surface area contributed by atoms with Crippen molar-refractivity contribution in [2.45, 2.75) is 25.7 Å². The predicted octanol–water partition coefficient (Wildman–Crippen LogP) is 1.76. The first kappa shape index (κ1) is 15.5. The maximum Gasteiger partial charge on any atom is 0.251 e. The molecule has 0 radical (unpaired) electrons. The van der Waals surface area contributed by atoms with Crippen LogP contribution in [0.4, 0.5) is 5.69 Å². The van der Waals surface area contributed by atoms with Gasteiger partial charge in [0.1, 0.15) is 0 Å². The first-order chi connectivity index (χ1) is 10.2. The van der Waals surface area contributed by atoms with Gasteiger partial charge in [0.25, 0.3) is 5.91 Å². The third kappa shape index (κ3) is 4.86. The second-order valence-corrected chi connectivity index (χ2v) is 5.44. The Balaban J connectivity index is 1.83. The number of benzene rings is 1. The highest BCUT2D eigenvalue weighted by Crippen LogP contribution is 2.18. The summed E-state index contributed by atoms with van der Waals surface area (Å²) in [5.74, 6) is 0.512. The number of carbonyl (C=O) groups is 2. The molecule has 0 aliphatic carbocycles. The van der Waals surface area contributed by atoms with Gasteiger partial charge < -0.3 is 16.0 Å². The average molecular weight is 289 g/mol. The van der Waals surface area contributed by atoms with Crippen LogP contribution in [0.5, 0.6) is 0 Å². The Labute approximate surface area is 125 Å². The summed E-state index contributed by atoms with van der Waals surface area (Å²) in [6.07, 6.45) is 3.77. The number of nitrogens with one attached hydrogen (secondary N) is 3. The van der Waals surface area contributed by atoms with E-state index in [2.05, 4.69) is 16.0 Å². The third-order valence-corrected chi connectivity index (χ3v) is 3.87. The topological polar surface area (TPSA) is 70.2 Å². The van der Waals surface area contributed by atoms with Gasteiger partial charge in [0.15, 0.2) is 0 Å². The van der Waals surface area contributed by atoms with E-state index in [9.17, 15) is 9.59 Å². The van der Waals surface area contributed by atoms with Gasteiger partial charge in [-0.2, -0.15) is 0 Å². The fourth-order valence-electron chi connectivity index (χ4n) is 2.61. The molecule has 1 aromatic rings. The van der Waals surface area contributed by atoms with E-state index in [1.807, 2.05) is 0 Å². The SMILES string of the molecule is CNC(=O)c1cccc(NC(=O)CCC2CCNCC2)c1. The zero-order chi connectivity index (χ0) is 15.1. The second-order valence-electron chi connectivity index (χ2n) is 5.44. The quantitative estimate of drug-likeness (QED) is 0.773. The largest absolute Gasteiger partial charge is 0.355 e. The molecule has 0 atom stereocenters. The van der Waals surface area contributed by atoms with Crippen LogP contribution in [-0.2, 0) is 4.79 Å². The molecule has 5 nitrogen and oxygen atoms in total. The van der Waals surface area contributed by atoms with Gasteiger partial charge in [-0.3, -0.25) is 9.59 Å². The molecule has 0 bridgehead atoms. The summed E-state index contributed by atoms with van der Waals surface area (Å²) in [6.45, 7) is 2.11. The monoisotopic (exact) mass is 289 g/mol. The van der Waals surface area contributed by atoms with E-state index >= 15 is 0 Å². The van der Waals surface area contributed by atoms with E-state index in [-0.39, 0.29) is 11.8 Å². The van der Waals surface area contributed by atoms with Crippen molar-refractivity contribution >= 4 is 17.5 Å². The van der Waals surface area contributed by atoms with E-state index in [4.69, 9.17) is 0 Å². The molecule has 0 unspecified atom stereocenters. The molecule has 0 saturated carbocycles. The fraction of sp³-hybridized carbons (Fsp3) is 0.500. The van der Waals surface area contributed by atoms with Crippen molar-refractivity contribution in [2.75, 3.05) is 25.5 Å². The highest BCUT2D eigenvalue weighted by atomic mass is 16.2. The fourth-order valence-corrected chi connectivity index (χ4v) is 2.61. The first-order valence-corrected chi connectivity index (χ1v) is 7.52. The Bertz CT molecular complexity index is 496. The number of piperidine rings is 1. The van der Waals surface area contributed by atoms with Crippen LogP contribution in [0.1, 0.15) is 36.0 Å². The van der Waals surface area contributed by atoms with Crippen LogP contribution in [-0.4, -0.2) is 32.0 Å². The minimum Gasteiger partial charge on any atom is -0.355 e. The van der Waals surface area contributed by atoms with Crippen molar-refractivity contribution in [3.63, 3.8) is 0 Å². The number of anilines is 1. The van der Waals surface area contributed by atoms with Crippen molar-refractivity contribution in [1.82, 2.24) is 10.6 Å². The molecule has 0 aromatic heterocycles. The summed E-state index contributed by atoms with van der Waals surface area (Å²) in [5.41, 5.74) is 1.22. The molecule has 2 rings (SSSR count). The van der Waals surface area contributed by atoms with Crippen LogP contribution in [0.2, 0.25) is 0 Å². The van der Waals surface area contributed by atoms with Crippen LogP contribution >= 0.6 is 0 Å². The summed E-state index contributed by atoms with van der Waals surface area (Å²) in [7, 11) is 1.59. The van der Waals surface area contributed by atoms with Crippen LogP contribution in [0.15, 0.2) is 24.3 Å². The highest BCUT2D eigenvalue weighted by molar-refractivity contribution is 5.97. The average Bonchev–Trinajstić information content (AvgIpc) is 2.53. The zero-order valence-electron chi connectivity index (χ0n) is 12.4. The molecule has 114 valence electrons. The molecule has 3 N–H and O–H groups in total. The molecule has 1 aromatic carbocycles. The van der Waals surface area contributed by atoms with Crippen molar-refractivity contribution in [1.29, 1.82) is 0 Å². The lowest BCUT2D eigenvalue weighted by Gasteiger charge is -2.22. The predicted molar refractivity (Wildman–Crippen MR) is 83.3 cm³/mol. The molecule has 21 heavy (non-hydrogen) atoms. The van der Waals surface area contributed by atoms with Crippen LogP contribution in [0, 0.1) is 5.92 Å². The van der Waals surface area contributed by atoms with E-state index in [1.54, 1.807) is 31.3 Å². The Morgan fingerprint density at radius 3 is 2.76 bits per heavy atom. The van der Waals surface area contributed by atoms with E-state index in [0.29, 0.717) is 23.6 Å². The second kappa shape index (κ2) is 7.78. The number of carbonyl (C=O) groups excluding carboxylic acids is 2. The molecular formula is C16H23N3O2. The van der Waals surface area contributed by atoms with E-state index in [0.717, 1.165) is 32.4 Å². The van der Waals surface area contributed by atoms with Gasteiger partial charge in [-0.25, -0.2) is 0 Å². The molecular weight excluding hydrogens is 266 g/mol. The maximum absolute atomic E-state index is 12.0. The number of rotatable bonds is 5. The molecule has 1 aliphatic rings. The molecule has 1 aliphatic heterocycles. The standard InChI is InChI=1S/C16H23N3O2/c1-17-16(21)13-3-2-4-14(11-13)19-15(20)6-5-12-7-9-18-10-8-12/h2-4,11-12,18H,5-10H2,1H3,(H,17,21)(H,19,20). The maximum atomic E-state index is 12.0. The molecule has 2 amide bonds. The molecule has 0 spiro atoms. The lowest BCUT2D eigenvalue weighted by Crippen LogP contribution is -2.28. The van der Waals surface area contributed by atoms with Gasteiger partial charge in [-0.15, -0.1) is 0 Å². The smallest absolute Gasteiger partial charge is 0.251 e. The summed E-state index contributed by atoms with van der Waals surface area (Å²) in [5, 5.41) is 8.76. The van der Waals surface area contributed by atoms with Gasteiger partial charge in [0.2, 0.25) is 5.91 Å². The van der Waals surface area contributed by atoms with Gasteiger partial charge in [-0.1, -0.05) is 6.07 Å². The van der Waals surface area contributed by atoms with Gasteiger partial charge in [0, 0.05) is 24.7 Å². The Morgan fingerprint density at radius 1 is 1.29 bits per heavy atom. The first-order valence-electron chi connectivity index (χ1n) is 7.52. The van der Waals surface area contributed by atoms with Crippen molar-refractivity contribution in [3.8, 4) is 0 Å². The molecule has 1 heterocycles. The lowest BCUT2D eigenvalue weighted by molar-refractivity contribution is -0.116. The Morgan fingerprint density at radius 2 is 2.05 bits per heavy atom. The summed E-state index contributed by atoms with van der Waals surface area (Å²) >= 11 is 0. The highest BCUT2D eigenvalue weighted by Gasteiger charge is 2.14. The Kier molecular flexibility index (Phi) is 5.75. The van der Waals surface area contributed by atoms with Crippen LogP contribution in [0.3, 0.4) is 0 Å². The third-order valence-electron chi connectivity index (χ3n) is 3.87. The van der Waals surface area contributed by atoms with E-state index < -0.39 is 0 Å². The lowest BCUT2D eigenvalue weighted by atomic mass is 9.93. The minimum absolute atomic E-state index is 0.0163. The summed E-state index contributed by atoms with van der Waals surface area (Å²) < 4.78 is 0. The molecule has 5 heteroatoms. The zero-order valence-corrected chi connectivity index (χ0v) is 12.4. The normalized spacial score (nSPS) is 15.5. The van der Waals surface area contributed by atoms with Gasteiger partial charge in [-0.05, 0) is 56.5 Å². The van der Waals surface area contributed by atoms with Crippen LogP contribution in [0.25, 0.3) is 0 Å².